The van der Waals surface area contributed by atoms with Crippen molar-refractivity contribution >= 4 is 11.8 Å². The number of nitrogens with one attached hydrogen (secondary N) is 1. The second-order valence-corrected chi connectivity index (χ2v) is 4.77. The standard InChI is InChI=1S/C13H21NOS/c1-4-10(9-15)13(14-2)11-5-7-12(16-3)8-6-11/h5-8,10,13-15H,4,9H2,1-3H3. The third kappa shape index (κ3) is 3.24. The molecule has 0 aromatic heterocycles. The van der Waals surface area contributed by atoms with E-state index in [2.05, 4.69) is 42.8 Å². The monoisotopic (exact) mass is 239 g/mol. The molecule has 2 atom stereocenters. The highest BCUT2D eigenvalue weighted by atomic mass is 32.2. The molecular weight excluding hydrogens is 218 g/mol. The number of aliphatic hydroxyl groups excluding tert-OH is 1. The summed E-state index contributed by atoms with van der Waals surface area (Å²) in [5.41, 5.74) is 1.25. The molecule has 0 spiro atoms. The van der Waals surface area contributed by atoms with Crippen LogP contribution in [0.15, 0.2) is 29.2 Å². The van der Waals surface area contributed by atoms with E-state index in [0.717, 1.165) is 6.42 Å². The van der Waals surface area contributed by atoms with Crippen molar-refractivity contribution in [2.75, 3.05) is 19.9 Å². The summed E-state index contributed by atoms with van der Waals surface area (Å²) in [6.07, 6.45) is 3.05. The second-order valence-electron chi connectivity index (χ2n) is 3.89. The fraction of sp³-hybridized carbons (Fsp3) is 0.538. The van der Waals surface area contributed by atoms with Gasteiger partial charge in [-0.2, -0.15) is 0 Å². The van der Waals surface area contributed by atoms with Gasteiger partial charge in [-0.15, -0.1) is 11.8 Å². The molecule has 0 bridgehead atoms. The topological polar surface area (TPSA) is 32.3 Å². The summed E-state index contributed by atoms with van der Waals surface area (Å²) in [7, 11) is 1.95. The van der Waals surface area contributed by atoms with Gasteiger partial charge in [0.15, 0.2) is 0 Å². The number of rotatable bonds is 6. The fourth-order valence-electron chi connectivity index (χ4n) is 1.96. The first-order valence-corrected chi connectivity index (χ1v) is 6.91. The predicted octanol–water partition coefficient (Wildman–Crippen LogP) is 2.69. The summed E-state index contributed by atoms with van der Waals surface area (Å²) in [6.45, 7) is 2.34. The molecule has 2 unspecified atom stereocenters. The van der Waals surface area contributed by atoms with Crippen LogP contribution in [-0.2, 0) is 0 Å². The minimum Gasteiger partial charge on any atom is -0.396 e. The molecule has 16 heavy (non-hydrogen) atoms. The van der Waals surface area contributed by atoms with Gasteiger partial charge in [-0.1, -0.05) is 19.1 Å². The Morgan fingerprint density at radius 1 is 1.31 bits per heavy atom. The minimum absolute atomic E-state index is 0.228. The maximum absolute atomic E-state index is 9.35. The van der Waals surface area contributed by atoms with Crippen molar-refractivity contribution < 1.29 is 5.11 Å². The van der Waals surface area contributed by atoms with Gasteiger partial charge in [-0.25, -0.2) is 0 Å². The average molecular weight is 239 g/mol. The number of hydrogen-bond donors (Lipinski definition) is 2. The Morgan fingerprint density at radius 2 is 1.94 bits per heavy atom. The predicted molar refractivity (Wildman–Crippen MR) is 70.9 cm³/mol. The van der Waals surface area contributed by atoms with E-state index in [1.165, 1.54) is 10.5 Å². The molecule has 2 N–H and O–H groups in total. The molecule has 0 fully saturated rings. The Balaban J connectivity index is 2.85. The number of benzene rings is 1. The van der Waals surface area contributed by atoms with E-state index in [1.807, 2.05) is 7.05 Å². The molecule has 2 nitrogen and oxygen atoms in total. The molecule has 3 heteroatoms. The van der Waals surface area contributed by atoms with Crippen LogP contribution in [0.25, 0.3) is 0 Å². The lowest BCUT2D eigenvalue weighted by Crippen LogP contribution is -2.27. The van der Waals surface area contributed by atoms with E-state index in [-0.39, 0.29) is 18.6 Å². The molecule has 1 rings (SSSR count). The van der Waals surface area contributed by atoms with Crippen molar-refractivity contribution in [2.45, 2.75) is 24.3 Å². The molecule has 0 aliphatic rings. The van der Waals surface area contributed by atoms with Crippen LogP contribution in [0.1, 0.15) is 24.9 Å². The Morgan fingerprint density at radius 3 is 2.31 bits per heavy atom. The largest absolute Gasteiger partial charge is 0.396 e. The highest BCUT2D eigenvalue weighted by Crippen LogP contribution is 2.25. The smallest absolute Gasteiger partial charge is 0.0477 e. The van der Waals surface area contributed by atoms with E-state index >= 15 is 0 Å². The maximum atomic E-state index is 9.35. The van der Waals surface area contributed by atoms with E-state index < -0.39 is 0 Å². The van der Waals surface area contributed by atoms with Gasteiger partial charge in [0, 0.05) is 23.5 Å². The molecule has 0 radical (unpaired) electrons. The van der Waals surface area contributed by atoms with Crippen LogP contribution < -0.4 is 5.32 Å². The summed E-state index contributed by atoms with van der Waals surface area (Å²) in [4.78, 5) is 1.27. The molecule has 0 aliphatic heterocycles. The SMILES string of the molecule is CCC(CO)C(NC)c1ccc(SC)cc1. The molecule has 0 heterocycles. The Bertz CT molecular complexity index is 295. The van der Waals surface area contributed by atoms with E-state index in [1.54, 1.807) is 11.8 Å². The minimum atomic E-state index is 0.228. The normalized spacial score (nSPS) is 14.8. The van der Waals surface area contributed by atoms with Gasteiger partial charge in [0.25, 0.3) is 0 Å². The molecule has 0 amide bonds. The summed E-state index contributed by atoms with van der Waals surface area (Å²) in [5.74, 6) is 0.283. The van der Waals surface area contributed by atoms with Gasteiger partial charge in [0.05, 0.1) is 0 Å². The molecule has 0 saturated carbocycles. The highest BCUT2D eigenvalue weighted by Gasteiger charge is 2.19. The number of thioether (sulfide) groups is 1. The van der Waals surface area contributed by atoms with Crippen molar-refractivity contribution in [1.29, 1.82) is 0 Å². The van der Waals surface area contributed by atoms with Crippen LogP contribution in [0.5, 0.6) is 0 Å². The highest BCUT2D eigenvalue weighted by molar-refractivity contribution is 7.98. The van der Waals surface area contributed by atoms with Gasteiger partial charge in [-0.3, -0.25) is 0 Å². The maximum Gasteiger partial charge on any atom is 0.0477 e. The molecular formula is C13H21NOS. The van der Waals surface area contributed by atoms with Crippen molar-refractivity contribution in [2.24, 2.45) is 5.92 Å². The average Bonchev–Trinajstić information content (AvgIpc) is 2.36. The van der Waals surface area contributed by atoms with Gasteiger partial charge in [0.1, 0.15) is 0 Å². The van der Waals surface area contributed by atoms with Crippen LogP contribution in [0.4, 0.5) is 0 Å². The zero-order valence-electron chi connectivity index (χ0n) is 10.2. The van der Waals surface area contributed by atoms with Crippen LogP contribution in [0.3, 0.4) is 0 Å². The molecule has 90 valence electrons. The number of hydrogen-bond acceptors (Lipinski definition) is 3. The van der Waals surface area contributed by atoms with Crippen molar-refractivity contribution in [3.05, 3.63) is 29.8 Å². The summed E-state index contributed by atoms with van der Waals surface area (Å²) in [6, 6.07) is 8.80. The first kappa shape index (κ1) is 13.6. The van der Waals surface area contributed by atoms with Gasteiger partial charge in [0.2, 0.25) is 0 Å². The van der Waals surface area contributed by atoms with E-state index in [0.29, 0.717) is 0 Å². The van der Waals surface area contributed by atoms with Gasteiger partial charge >= 0.3 is 0 Å². The van der Waals surface area contributed by atoms with Crippen LogP contribution in [0, 0.1) is 5.92 Å². The Labute approximate surface area is 102 Å². The van der Waals surface area contributed by atoms with Crippen molar-refractivity contribution in [3.8, 4) is 0 Å². The van der Waals surface area contributed by atoms with Gasteiger partial charge < -0.3 is 10.4 Å². The number of aliphatic hydroxyl groups is 1. The Kier molecular flexibility index (Phi) is 5.88. The van der Waals surface area contributed by atoms with Crippen LogP contribution >= 0.6 is 11.8 Å². The zero-order chi connectivity index (χ0) is 12.0. The molecule has 1 aromatic rings. The first-order valence-electron chi connectivity index (χ1n) is 5.68. The third-order valence-electron chi connectivity index (χ3n) is 3.02. The Hall–Kier alpha value is -0.510. The van der Waals surface area contributed by atoms with E-state index in [9.17, 15) is 5.11 Å². The summed E-state index contributed by atoms with van der Waals surface area (Å²) >= 11 is 1.75. The lowest BCUT2D eigenvalue weighted by Gasteiger charge is -2.24. The molecule has 1 aromatic carbocycles. The van der Waals surface area contributed by atoms with E-state index in [4.69, 9.17) is 0 Å². The van der Waals surface area contributed by atoms with Crippen LogP contribution in [-0.4, -0.2) is 25.0 Å². The molecule has 0 saturated heterocycles. The van der Waals surface area contributed by atoms with Crippen molar-refractivity contribution in [1.82, 2.24) is 5.32 Å². The lowest BCUT2D eigenvalue weighted by molar-refractivity contribution is 0.189. The second kappa shape index (κ2) is 6.94. The quantitative estimate of drug-likeness (QED) is 0.749. The van der Waals surface area contributed by atoms with Crippen LogP contribution in [0.2, 0.25) is 0 Å². The fourth-order valence-corrected chi connectivity index (χ4v) is 2.36. The third-order valence-corrected chi connectivity index (χ3v) is 3.76. The van der Waals surface area contributed by atoms with Crippen molar-refractivity contribution in [3.63, 3.8) is 0 Å². The van der Waals surface area contributed by atoms with Gasteiger partial charge in [-0.05, 0) is 37.4 Å². The lowest BCUT2D eigenvalue weighted by atomic mass is 9.92. The first-order chi connectivity index (χ1) is 7.76. The summed E-state index contributed by atoms with van der Waals surface area (Å²) < 4.78 is 0. The zero-order valence-corrected chi connectivity index (χ0v) is 11.1. The molecule has 0 aliphatic carbocycles. The summed E-state index contributed by atoms with van der Waals surface area (Å²) in [5, 5.41) is 12.6.